The highest BCUT2D eigenvalue weighted by Crippen LogP contribution is 2.50. The fourth-order valence-corrected chi connectivity index (χ4v) is 4.01. The van der Waals surface area contributed by atoms with Crippen LogP contribution in [-0.4, -0.2) is 12.6 Å². The molecule has 0 spiro atoms. The Morgan fingerprint density at radius 2 is 1.85 bits per heavy atom. The molecule has 3 unspecified atom stereocenters. The fourth-order valence-electron chi connectivity index (χ4n) is 4.01. The zero-order valence-electron chi connectivity index (χ0n) is 16.1. The second kappa shape index (κ2) is 6.97. The van der Waals surface area contributed by atoms with Crippen LogP contribution in [0.2, 0.25) is 0 Å². The molecule has 3 heteroatoms. The zero-order valence-corrected chi connectivity index (χ0v) is 16.1. The van der Waals surface area contributed by atoms with Crippen molar-refractivity contribution >= 4 is 5.97 Å². The Labute approximate surface area is 161 Å². The topological polar surface area (TPSA) is 35.5 Å². The first kappa shape index (κ1) is 18.0. The summed E-state index contributed by atoms with van der Waals surface area (Å²) in [5.74, 6) is 0.105. The lowest BCUT2D eigenvalue weighted by Crippen LogP contribution is -2.30. The molecule has 140 valence electrons. The Morgan fingerprint density at radius 3 is 2.59 bits per heavy atom. The van der Waals surface area contributed by atoms with Gasteiger partial charge in [0.25, 0.3) is 0 Å². The maximum Gasteiger partial charge on any atom is 0.313 e. The van der Waals surface area contributed by atoms with Crippen molar-refractivity contribution in [2.75, 3.05) is 6.61 Å². The van der Waals surface area contributed by atoms with Gasteiger partial charge in [-0.2, -0.15) is 0 Å². The molecule has 2 aromatic carbocycles. The number of hydrogen-bond acceptors (Lipinski definition) is 3. The molecule has 0 fully saturated rings. The van der Waals surface area contributed by atoms with E-state index in [1.165, 1.54) is 11.1 Å². The number of esters is 1. The third-order valence-electron chi connectivity index (χ3n) is 5.51. The van der Waals surface area contributed by atoms with Crippen molar-refractivity contribution in [2.24, 2.45) is 5.92 Å². The number of fused-ring (bicyclic) bond motifs is 5. The first-order chi connectivity index (χ1) is 13.0. The quantitative estimate of drug-likeness (QED) is 0.532. The summed E-state index contributed by atoms with van der Waals surface area (Å²) in [7, 11) is 0. The molecular weight excluding hydrogens is 336 g/mol. The van der Waals surface area contributed by atoms with Gasteiger partial charge in [-0.15, -0.1) is 0 Å². The van der Waals surface area contributed by atoms with Gasteiger partial charge in [-0.05, 0) is 47.6 Å². The molecule has 0 amide bonds. The van der Waals surface area contributed by atoms with E-state index < -0.39 is 5.60 Å². The highest BCUT2D eigenvalue weighted by Gasteiger charge is 2.47. The summed E-state index contributed by atoms with van der Waals surface area (Å²) in [5.41, 5.74) is 3.93. The van der Waals surface area contributed by atoms with E-state index in [1.54, 1.807) is 0 Å². The predicted molar refractivity (Wildman–Crippen MR) is 105 cm³/mol. The minimum atomic E-state index is -0.627. The zero-order chi connectivity index (χ0) is 19.0. The van der Waals surface area contributed by atoms with Crippen molar-refractivity contribution in [3.05, 3.63) is 82.9 Å². The number of carbonyl (C=O) groups excluding carboxylic acids is 1. The lowest BCUT2D eigenvalue weighted by atomic mass is 9.88. The summed E-state index contributed by atoms with van der Waals surface area (Å²) in [6, 6.07) is 16.4. The normalized spacial score (nSPS) is 23.5. The Morgan fingerprint density at radius 1 is 1.11 bits per heavy atom. The minimum Gasteiger partial charge on any atom is -0.461 e. The number of ether oxygens (including phenoxy) is 2. The van der Waals surface area contributed by atoms with Gasteiger partial charge in [0.05, 0.1) is 5.92 Å². The third-order valence-corrected chi connectivity index (χ3v) is 5.51. The molecule has 0 aliphatic carbocycles. The van der Waals surface area contributed by atoms with Crippen LogP contribution in [0, 0.1) is 5.92 Å². The summed E-state index contributed by atoms with van der Waals surface area (Å²) >= 11 is 0. The van der Waals surface area contributed by atoms with Crippen LogP contribution >= 0.6 is 0 Å². The van der Waals surface area contributed by atoms with Crippen LogP contribution in [0.5, 0.6) is 0 Å². The molecule has 2 aliphatic heterocycles. The maximum atomic E-state index is 12.6. The van der Waals surface area contributed by atoms with E-state index in [1.807, 2.05) is 43.3 Å². The highest BCUT2D eigenvalue weighted by molar-refractivity contribution is 5.77. The van der Waals surface area contributed by atoms with Crippen molar-refractivity contribution in [1.82, 2.24) is 0 Å². The Bertz CT molecular complexity index is 865. The average molecular weight is 362 g/mol. The van der Waals surface area contributed by atoms with Crippen LogP contribution in [0.3, 0.4) is 0 Å². The Balaban J connectivity index is 1.42. The van der Waals surface area contributed by atoms with E-state index in [-0.39, 0.29) is 24.6 Å². The van der Waals surface area contributed by atoms with Crippen molar-refractivity contribution in [2.45, 2.75) is 44.8 Å². The second-order valence-electron chi connectivity index (χ2n) is 8.04. The average Bonchev–Trinajstić information content (AvgIpc) is 3.24. The van der Waals surface area contributed by atoms with Gasteiger partial charge in [0.1, 0.15) is 18.3 Å². The van der Waals surface area contributed by atoms with Gasteiger partial charge < -0.3 is 9.47 Å². The highest BCUT2D eigenvalue weighted by atomic mass is 16.6. The van der Waals surface area contributed by atoms with Gasteiger partial charge in [-0.25, -0.2) is 0 Å². The largest absolute Gasteiger partial charge is 0.461 e. The molecular formula is C24H26O3. The van der Waals surface area contributed by atoms with Crippen LogP contribution in [-0.2, 0) is 26.3 Å². The summed E-state index contributed by atoms with van der Waals surface area (Å²) in [4.78, 5) is 12.6. The van der Waals surface area contributed by atoms with Crippen LogP contribution in [0.25, 0.3) is 0 Å². The van der Waals surface area contributed by atoms with Gasteiger partial charge in [0.15, 0.2) is 0 Å². The molecule has 0 radical (unpaired) electrons. The third kappa shape index (κ3) is 3.32. The van der Waals surface area contributed by atoms with E-state index in [4.69, 9.17) is 9.47 Å². The van der Waals surface area contributed by atoms with E-state index in [9.17, 15) is 4.79 Å². The molecule has 0 saturated heterocycles. The molecule has 2 aliphatic rings. The molecule has 2 bridgehead atoms. The van der Waals surface area contributed by atoms with E-state index in [0.717, 1.165) is 17.5 Å². The Hall–Kier alpha value is -2.39. The van der Waals surface area contributed by atoms with E-state index in [2.05, 4.69) is 38.1 Å². The van der Waals surface area contributed by atoms with Crippen LogP contribution < -0.4 is 0 Å². The first-order valence-electron chi connectivity index (χ1n) is 9.70. The fraction of sp³-hybridized carbons (Fsp3) is 0.375. The van der Waals surface area contributed by atoms with Crippen molar-refractivity contribution in [1.29, 1.82) is 0 Å². The second-order valence-corrected chi connectivity index (χ2v) is 8.04. The molecule has 0 N–H and O–H groups in total. The van der Waals surface area contributed by atoms with E-state index >= 15 is 0 Å². The SMILES string of the molecule is CC(C)Cc1ccc(C(C)C(=O)OCC23C=CC(O2)c2ccccc23)cc1. The molecule has 0 saturated carbocycles. The van der Waals surface area contributed by atoms with Gasteiger partial charge in [0, 0.05) is 0 Å². The maximum absolute atomic E-state index is 12.6. The molecule has 2 heterocycles. The first-order valence-corrected chi connectivity index (χ1v) is 9.70. The lowest BCUT2D eigenvalue weighted by Gasteiger charge is -2.24. The number of benzene rings is 2. The van der Waals surface area contributed by atoms with Crippen LogP contribution in [0.1, 0.15) is 55.0 Å². The number of rotatable bonds is 6. The van der Waals surface area contributed by atoms with Gasteiger partial charge >= 0.3 is 5.97 Å². The molecule has 0 aromatic heterocycles. The van der Waals surface area contributed by atoms with Gasteiger partial charge in [0.2, 0.25) is 0 Å². The summed E-state index contributed by atoms with van der Waals surface area (Å²) in [5, 5.41) is 0. The summed E-state index contributed by atoms with van der Waals surface area (Å²) in [6.45, 7) is 6.52. The molecule has 2 aromatic rings. The summed E-state index contributed by atoms with van der Waals surface area (Å²) in [6.07, 6.45) is 5.10. The Kier molecular flexibility index (Phi) is 4.65. The van der Waals surface area contributed by atoms with Crippen LogP contribution in [0.4, 0.5) is 0 Å². The number of hydrogen-bond donors (Lipinski definition) is 0. The van der Waals surface area contributed by atoms with Crippen molar-refractivity contribution in [3.63, 3.8) is 0 Å². The van der Waals surface area contributed by atoms with Gasteiger partial charge in [-0.3, -0.25) is 4.79 Å². The molecule has 4 rings (SSSR count). The molecule has 3 atom stereocenters. The van der Waals surface area contributed by atoms with Crippen LogP contribution in [0.15, 0.2) is 60.7 Å². The standard InChI is InChI=1S/C24H26O3/c1-16(2)14-18-8-10-19(11-9-18)17(3)23(25)26-15-24-13-12-22(27-24)20-6-4-5-7-21(20)24/h4-13,16-17,22H,14-15H2,1-3H3. The van der Waals surface area contributed by atoms with E-state index in [0.29, 0.717) is 5.92 Å². The minimum absolute atomic E-state index is 0.0224. The van der Waals surface area contributed by atoms with Gasteiger partial charge in [-0.1, -0.05) is 68.5 Å². The monoisotopic (exact) mass is 362 g/mol. The summed E-state index contributed by atoms with van der Waals surface area (Å²) < 4.78 is 11.8. The lowest BCUT2D eigenvalue weighted by molar-refractivity contribution is -0.153. The smallest absolute Gasteiger partial charge is 0.313 e. The number of carbonyl (C=O) groups is 1. The molecule has 27 heavy (non-hydrogen) atoms. The predicted octanol–water partition coefficient (Wildman–Crippen LogP) is 5.07. The van der Waals surface area contributed by atoms with Crippen molar-refractivity contribution < 1.29 is 14.3 Å². The van der Waals surface area contributed by atoms with Crippen molar-refractivity contribution in [3.8, 4) is 0 Å². The molecule has 3 nitrogen and oxygen atoms in total.